The first kappa shape index (κ1) is 18.2. The zero-order valence-electron chi connectivity index (χ0n) is 14.3. The topological polar surface area (TPSA) is 84.0 Å². The Morgan fingerprint density at radius 2 is 1.62 bits per heavy atom. The van der Waals surface area contributed by atoms with Gasteiger partial charge in [-0.05, 0) is 48.6 Å². The van der Waals surface area contributed by atoms with Crippen molar-refractivity contribution in [1.82, 2.24) is 10.2 Å². The molecule has 0 aliphatic rings. The van der Waals surface area contributed by atoms with Gasteiger partial charge in [0.05, 0.1) is 4.90 Å². The second kappa shape index (κ2) is 8.10. The third-order valence-electron chi connectivity index (χ3n) is 3.57. The molecule has 1 heterocycles. The number of aryl methyl sites for hydroxylation is 1. The summed E-state index contributed by atoms with van der Waals surface area (Å²) in [7, 11) is -3.65. The molecule has 7 heteroatoms. The maximum Gasteiger partial charge on any atom is 0.263 e. The van der Waals surface area contributed by atoms with E-state index in [1.165, 1.54) is 0 Å². The molecule has 0 radical (unpaired) electrons. The van der Waals surface area contributed by atoms with Crippen molar-refractivity contribution in [3.05, 3.63) is 42.0 Å². The van der Waals surface area contributed by atoms with E-state index in [4.69, 9.17) is 0 Å². The van der Waals surface area contributed by atoms with Crippen molar-refractivity contribution in [2.75, 3.05) is 16.6 Å². The number of hydrogen-bond acceptors (Lipinski definition) is 5. The zero-order chi connectivity index (χ0) is 17.6. The van der Waals surface area contributed by atoms with Crippen LogP contribution in [0, 0.1) is 5.92 Å². The lowest BCUT2D eigenvalue weighted by atomic mass is 10.1. The van der Waals surface area contributed by atoms with Crippen LogP contribution in [0.3, 0.4) is 0 Å². The highest BCUT2D eigenvalue weighted by atomic mass is 32.2. The summed E-state index contributed by atoms with van der Waals surface area (Å²) in [5.74, 6) is 1.44. The summed E-state index contributed by atoms with van der Waals surface area (Å²) in [4.78, 5) is 0.209. The predicted octanol–water partition coefficient (Wildman–Crippen LogP) is 3.30. The Bertz CT molecular complexity index is 741. The first-order valence-electron chi connectivity index (χ1n) is 8.10. The number of hydrogen-bond donors (Lipinski definition) is 2. The van der Waals surface area contributed by atoms with Crippen LogP contribution < -0.4 is 10.0 Å². The molecule has 0 bridgehead atoms. The van der Waals surface area contributed by atoms with Crippen LogP contribution in [0.5, 0.6) is 0 Å². The van der Waals surface area contributed by atoms with Gasteiger partial charge in [-0.3, -0.25) is 4.72 Å². The van der Waals surface area contributed by atoms with Crippen LogP contribution in [-0.4, -0.2) is 25.2 Å². The number of nitrogens with one attached hydrogen (secondary N) is 2. The summed E-state index contributed by atoms with van der Waals surface area (Å²) >= 11 is 0. The minimum absolute atomic E-state index is 0.198. The second-order valence-corrected chi connectivity index (χ2v) is 7.70. The summed E-state index contributed by atoms with van der Waals surface area (Å²) in [6.45, 7) is 7.13. The first-order chi connectivity index (χ1) is 11.4. The van der Waals surface area contributed by atoms with E-state index in [1.54, 1.807) is 24.3 Å². The van der Waals surface area contributed by atoms with Crippen LogP contribution in [0.2, 0.25) is 0 Å². The Labute approximate surface area is 143 Å². The highest BCUT2D eigenvalue weighted by Crippen LogP contribution is 2.16. The van der Waals surface area contributed by atoms with E-state index in [9.17, 15) is 8.42 Å². The van der Waals surface area contributed by atoms with Crippen molar-refractivity contribution >= 4 is 21.7 Å². The third kappa shape index (κ3) is 5.19. The maximum absolute atomic E-state index is 12.3. The van der Waals surface area contributed by atoms with Crippen LogP contribution in [0.1, 0.15) is 32.8 Å². The van der Waals surface area contributed by atoms with Crippen molar-refractivity contribution in [3.8, 4) is 0 Å². The number of nitrogens with zero attached hydrogens (tertiary/aromatic N) is 2. The molecule has 6 nitrogen and oxygen atoms in total. The molecule has 2 aromatic rings. The van der Waals surface area contributed by atoms with Crippen molar-refractivity contribution in [2.45, 2.75) is 38.5 Å². The molecule has 2 rings (SSSR count). The standard InChI is InChI=1S/C17H24N4O2S/c1-4-14-5-7-15(8-6-14)24(22,23)21-17-10-9-16(19-20-17)18-12-11-13(2)3/h5-10,13H,4,11-12H2,1-3H3,(H,18,19)(H,20,21). The van der Waals surface area contributed by atoms with Crippen LogP contribution in [0.4, 0.5) is 11.6 Å². The van der Waals surface area contributed by atoms with Gasteiger partial charge in [0.1, 0.15) is 5.82 Å². The molecule has 1 aromatic heterocycles. The van der Waals surface area contributed by atoms with E-state index in [0.29, 0.717) is 11.7 Å². The number of rotatable bonds is 8. The van der Waals surface area contributed by atoms with E-state index < -0.39 is 10.0 Å². The number of anilines is 2. The molecule has 0 unspecified atom stereocenters. The minimum Gasteiger partial charge on any atom is -0.369 e. The molecule has 0 saturated heterocycles. The van der Waals surface area contributed by atoms with Gasteiger partial charge in [-0.1, -0.05) is 32.9 Å². The molecular formula is C17H24N4O2S. The normalized spacial score (nSPS) is 11.5. The minimum atomic E-state index is -3.65. The van der Waals surface area contributed by atoms with E-state index in [0.717, 1.165) is 24.9 Å². The molecule has 0 atom stereocenters. The Morgan fingerprint density at radius 1 is 1.00 bits per heavy atom. The van der Waals surface area contributed by atoms with Gasteiger partial charge in [0, 0.05) is 6.54 Å². The summed E-state index contributed by atoms with van der Waals surface area (Å²) in [5, 5.41) is 11.1. The lowest BCUT2D eigenvalue weighted by Crippen LogP contribution is -2.15. The number of aromatic nitrogens is 2. The lowest BCUT2D eigenvalue weighted by molar-refractivity contribution is 0.600. The first-order valence-corrected chi connectivity index (χ1v) is 9.58. The van der Waals surface area contributed by atoms with Gasteiger partial charge in [0.2, 0.25) is 0 Å². The largest absolute Gasteiger partial charge is 0.369 e. The van der Waals surface area contributed by atoms with Crippen LogP contribution in [0.15, 0.2) is 41.3 Å². The summed E-state index contributed by atoms with van der Waals surface area (Å²) in [5.41, 5.74) is 1.09. The third-order valence-corrected chi connectivity index (χ3v) is 4.94. The van der Waals surface area contributed by atoms with E-state index in [1.807, 2.05) is 19.1 Å². The Morgan fingerprint density at radius 3 is 2.17 bits per heavy atom. The molecule has 0 aliphatic heterocycles. The highest BCUT2D eigenvalue weighted by Gasteiger charge is 2.14. The van der Waals surface area contributed by atoms with E-state index in [2.05, 4.69) is 34.1 Å². The van der Waals surface area contributed by atoms with Gasteiger partial charge in [-0.25, -0.2) is 8.42 Å². The van der Waals surface area contributed by atoms with E-state index >= 15 is 0 Å². The van der Waals surface area contributed by atoms with Crippen LogP contribution >= 0.6 is 0 Å². The molecule has 0 fully saturated rings. The zero-order valence-corrected chi connectivity index (χ0v) is 15.1. The molecular weight excluding hydrogens is 324 g/mol. The van der Waals surface area contributed by atoms with Gasteiger partial charge in [0.15, 0.2) is 5.82 Å². The molecule has 0 saturated carbocycles. The van der Waals surface area contributed by atoms with Gasteiger partial charge in [-0.2, -0.15) is 0 Å². The fourth-order valence-electron chi connectivity index (χ4n) is 2.07. The Kier molecular flexibility index (Phi) is 6.14. The Balaban J connectivity index is 2.01. The molecule has 130 valence electrons. The van der Waals surface area contributed by atoms with Gasteiger partial charge in [-0.15, -0.1) is 10.2 Å². The monoisotopic (exact) mass is 348 g/mol. The van der Waals surface area contributed by atoms with Crippen molar-refractivity contribution in [1.29, 1.82) is 0 Å². The van der Waals surface area contributed by atoms with Crippen molar-refractivity contribution in [3.63, 3.8) is 0 Å². The molecule has 0 aliphatic carbocycles. The van der Waals surface area contributed by atoms with Crippen molar-refractivity contribution in [2.24, 2.45) is 5.92 Å². The van der Waals surface area contributed by atoms with Crippen molar-refractivity contribution < 1.29 is 8.42 Å². The summed E-state index contributed by atoms with van der Waals surface area (Å²) in [6.07, 6.45) is 1.90. The van der Waals surface area contributed by atoms with Gasteiger partial charge in [0.25, 0.3) is 10.0 Å². The number of sulfonamides is 1. The smallest absolute Gasteiger partial charge is 0.263 e. The predicted molar refractivity (Wildman–Crippen MR) is 96.6 cm³/mol. The lowest BCUT2D eigenvalue weighted by Gasteiger charge is -2.09. The quantitative estimate of drug-likeness (QED) is 0.765. The van der Waals surface area contributed by atoms with E-state index in [-0.39, 0.29) is 10.7 Å². The summed E-state index contributed by atoms with van der Waals surface area (Å²) in [6, 6.07) is 10.1. The summed E-state index contributed by atoms with van der Waals surface area (Å²) < 4.78 is 27.1. The van der Waals surface area contributed by atoms with Gasteiger partial charge < -0.3 is 5.32 Å². The molecule has 0 spiro atoms. The average molecular weight is 348 g/mol. The molecule has 1 aromatic carbocycles. The Hall–Kier alpha value is -2.15. The van der Waals surface area contributed by atoms with Gasteiger partial charge >= 0.3 is 0 Å². The molecule has 0 amide bonds. The highest BCUT2D eigenvalue weighted by molar-refractivity contribution is 7.92. The average Bonchev–Trinajstić information content (AvgIpc) is 2.56. The fraction of sp³-hybridized carbons (Fsp3) is 0.412. The maximum atomic E-state index is 12.3. The number of benzene rings is 1. The molecule has 2 N–H and O–H groups in total. The fourth-order valence-corrected chi connectivity index (χ4v) is 3.07. The van der Waals surface area contributed by atoms with Crippen LogP contribution in [0.25, 0.3) is 0 Å². The SMILES string of the molecule is CCc1ccc(S(=O)(=O)Nc2ccc(NCCC(C)C)nn2)cc1. The second-order valence-electron chi connectivity index (χ2n) is 6.02. The molecule has 24 heavy (non-hydrogen) atoms. The van der Waals surface area contributed by atoms with Crippen LogP contribution in [-0.2, 0) is 16.4 Å².